The fourth-order valence-corrected chi connectivity index (χ4v) is 3.04. The van der Waals surface area contributed by atoms with Gasteiger partial charge in [0.05, 0.1) is 6.04 Å². The van der Waals surface area contributed by atoms with Crippen molar-refractivity contribution in [2.75, 3.05) is 14.0 Å². The van der Waals surface area contributed by atoms with Crippen LogP contribution < -0.4 is 16.6 Å². The molecule has 0 saturated carbocycles. The van der Waals surface area contributed by atoms with E-state index in [1.165, 1.54) is 12.1 Å². The zero-order valence-corrected chi connectivity index (χ0v) is 16.6. The molecule has 0 aliphatic heterocycles. The van der Waals surface area contributed by atoms with E-state index < -0.39 is 6.93 Å². The van der Waals surface area contributed by atoms with Crippen LogP contribution in [0.5, 0.6) is 0 Å². The quantitative estimate of drug-likeness (QED) is 0.259. The van der Waals surface area contributed by atoms with Crippen LogP contribution in [-0.2, 0) is 0 Å². The molecule has 0 aliphatic rings. The van der Waals surface area contributed by atoms with Crippen molar-refractivity contribution in [3.05, 3.63) is 72.0 Å². The normalized spacial score (nSPS) is 12.0. The van der Waals surface area contributed by atoms with Gasteiger partial charge in [0.2, 0.25) is 6.93 Å². The number of nitrogens with one attached hydrogen (secondary N) is 2. The molecule has 3 rings (SSSR count). The first-order chi connectivity index (χ1) is 14.4. The van der Waals surface area contributed by atoms with Crippen LogP contribution >= 0.6 is 0 Å². The standard InChI is InChI=1S/C21H21FN4O.CH2F2/c1-13(20(24-2)26-23)25-21(27)16-8-11-19-15(12-16)4-3-5-18(19)14-6-9-17(22)10-7-14;2-1-3/h3-13H,23H2,1-2H3,(H,24,26)(H,25,27);1H2. The molecule has 3 aromatic rings. The molecule has 1 amide bonds. The van der Waals surface area contributed by atoms with Gasteiger partial charge in [-0.1, -0.05) is 36.4 Å². The van der Waals surface area contributed by atoms with E-state index in [2.05, 4.69) is 15.7 Å². The van der Waals surface area contributed by atoms with Crippen LogP contribution in [0.4, 0.5) is 13.2 Å². The van der Waals surface area contributed by atoms with Crippen molar-refractivity contribution in [1.29, 1.82) is 0 Å². The second kappa shape index (κ2) is 11.0. The summed E-state index contributed by atoms with van der Waals surface area (Å²) in [5, 5.41) is 4.78. The van der Waals surface area contributed by atoms with Gasteiger partial charge in [-0.25, -0.2) is 19.0 Å². The van der Waals surface area contributed by atoms with Gasteiger partial charge in [-0.15, -0.1) is 0 Å². The molecule has 0 radical (unpaired) electrons. The maximum absolute atomic E-state index is 13.2. The molecule has 0 aromatic heterocycles. The van der Waals surface area contributed by atoms with Crippen LogP contribution in [0.1, 0.15) is 17.3 Å². The topological polar surface area (TPSA) is 79.5 Å². The molecule has 3 aromatic carbocycles. The maximum Gasteiger partial charge on any atom is 0.251 e. The number of amides is 1. The largest absolute Gasteiger partial charge is 0.342 e. The minimum Gasteiger partial charge on any atom is -0.342 e. The Labute approximate surface area is 172 Å². The van der Waals surface area contributed by atoms with Gasteiger partial charge in [0.1, 0.15) is 11.7 Å². The number of nitrogens with zero attached hydrogens (tertiary/aromatic N) is 1. The fourth-order valence-electron chi connectivity index (χ4n) is 3.04. The lowest BCUT2D eigenvalue weighted by molar-refractivity contribution is 0.0949. The molecule has 0 spiro atoms. The van der Waals surface area contributed by atoms with Crippen LogP contribution in [0.2, 0.25) is 0 Å². The second-order valence-electron chi connectivity index (χ2n) is 6.30. The van der Waals surface area contributed by atoms with Gasteiger partial charge in [0.15, 0.2) is 0 Å². The predicted molar refractivity (Wildman–Crippen MR) is 114 cm³/mol. The Morgan fingerprint density at radius 3 is 2.37 bits per heavy atom. The van der Waals surface area contributed by atoms with E-state index in [4.69, 9.17) is 5.84 Å². The van der Waals surface area contributed by atoms with E-state index in [-0.39, 0.29) is 17.8 Å². The van der Waals surface area contributed by atoms with E-state index in [0.717, 1.165) is 21.9 Å². The van der Waals surface area contributed by atoms with E-state index in [1.54, 1.807) is 32.2 Å². The van der Waals surface area contributed by atoms with Crippen molar-refractivity contribution in [3.63, 3.8) is 0 Å². The van der Waals surface area contributed by atoms with Crippen LogP contribution in [-0.4, -0.2) is 31.8 Å². The van der Waals surface area contributed by atoms with E-state index in [0.29, 0.717) is 11.4 Å². The number of aliphatic imine (C=N–C) groups is 1. The average Bonchev–Trinajstić information content (AvgIpc) is 2.75. The van der Waals surface area contributed by atoms with Gasteiger partial charge in [-0.05, 0) is 53.1 Å². The first-order valence-electron chi connectivity index (χ1n) is 9.10. The SMILES string of the molecule is CN=C(NN)C(C)NC(=O)c1ccc2c(-c3ccc(F)cc3)cccc2c1.FCF. The number of hydrogen-bond acceptors (Lipinski definition) is 3. The monoisotopic (exact) mass is 416 g/mol. The Hall–Kier alpha value is -3.39. The average molecular weight is 416 g/mol. The summed E-state index contributed by atoms with van der Waals surface area (Å²) in [5.74, 6) is 5.40. The Balaban J connectivity index is 0.00000101. The first kappa shape index (κ1) is 22.9. The van der Waals surface area contributed by atoms with Crippen molar-refractivity contribution in [1.82, 2.24) is 10.7 Å². The molecule has 1 atom stereocenters. The Morgan fingerprint density at radius 1 is 1.10 bits per heavy atom. The predicted octanol–water partition coefficient (Wildman–Crippen LogP) is 4.14. The number of alkyl halides is 2. The third-order valence-electron chi connectivity index (χ3n) is 4.44. The van der Waals surface area contributed by atoms with Gasteiger partial charge in [-0.3, -0.25) is 9.79 Å². The van der Waals surface area contributed by atoms with E-state index >= 15 is 0 Å². The Bertz CT molecular complexity index is 1020. The summed E-state index contributed by atoms with van der Waals surface area (Å²) in [6.45, 7) is 0.0494. The maximum atomic E-state index is 13.2. The molecule has 30 heavy (non-hydrogen) atoms. The molecular weight excluding hydrogens is 393 g/mol. The molecule has 0 saturated heterocycles. The van der Waals surface area contributed by atoms with Gasteiger partial charge < -0.3 is 10.7 Å². The molecule has 0 aliphatic carbocycles. The Morgan fingerprint density at radius 2 is 1.77 bits per heavy atom. The van der Waals surface area contributed by atoms with Crippen LogP contribution in [0.3, 0.4) is 0 Å². The van der Waals surface area contributed by atoms with Gasteiger partial charge in [0.25, 0.3) is 5.91 Å². The van der Waals surface area contributed by atoms with Gasteiger partial charge >= 0.3 is 0 Å². The lowest BCUT2D eigenvalue weighted by Crippen LogP contribution is -2.47. The van der Waals surface area contributed by atoms with Crippen molar-refractivity contribution in [2.45, 2.75) is 13.0 Å². The number of amidine groups is 1. The lowest BCUT2D eigenvalue weighted by atomic mass is 9.97. The second-order valence-corrected chi connectivity index (χ2v) is 6.30. The number of carbonyl (C=O) groups is 1. The zero-order valence-electron chi connectivity index (χ0n) is 16.6. The number of rotatable bonds is 4. The number of hydrazine groups is 1. The summed E-state index contributed by atoms with van der Waals surface area (Å²) in [4.78, 5) is 16.5. The summed E-state index contributed by atoms with van der Waals surface area (Å²) in [5.41, 5.74) is 4.92. The van der Waals surface area contributed by atoms with Crippen LogP contribution in [0, 0.1) is 5.82 Å². The first-order valence-corrected chi connectivity index (χ1v) is 9.10. The highest BCUT2D eigenvalue weighted by Crippen LogP contribution is 2.29. The number of carbonyl (C=O) groups excluding carboxylic acids is 1. The van der Waals surface area contributed by atoms with E-state index in [9.17, 15) is 18.0 Å². The summed E-state index contributed by atoms with van der Waals surface area (Å²) in [6, 6.07) is 17.4. The minimum atomic E-state index is -1.75. The van der Waals surface area contributed by atoms with Gasteiger partial charge in [-0.2, -0.15) is 0 Å². The number of halogens is 3. The molecule has 0 heterocycles. The molecule has 0 bridgehead atoms. The number of hydrogen-bond donors (Lipinski definition) is 3. The summed E-state index contributed by atoms with van der Waals surface area (Å²) >= 11 is 0. The molecule has 4 N–H and O–H groups in total. The van der Waals surface area contributed by atoms with Crippen molar-refractivity contribution < 1.29 is 18.0 Å². The third kappa shape index (κ3) is 5.57. The number of benzene rings is 3. The number of nitrogens with two attached hydrogens (primary N) is 1. The fraction of sp³-hybridized carbons (Fsp3) is 0.182. The van der Waals surface area contributed by atoms with Crippen LogP contribution in [0.25, 0.3) is 21.9 Å². The molecule has 0 fully saturated rings. The van der Waals surface area contributed by atoms with Crippen molar-refractivity contribution >= 4 is 22.5 Å². The molecule has 1 unspecified atom stereocenters. The Kier molecular flexibility index (Phi) is 8.37. The van der Waals surface area contributed by atoms with E-state index in [1.807, 2.05) is 30.3 Å². The molecular formula is C22H23F3N4O. The molecule has 158 valence electrons. The van der Waals surface area contributed by atoms with Crippen molar-refractivity contribution in [3.8, 4) is 11.1 Å². The smallest absolute Gasteiger partial charge is 0.251 e. The van der Waals surface area contributed by atoms with Gasteiger partial charge in [0, 0.05) is 12.6 Å². The lowest BCUT2D eigenvalue weighted by Gasteiger charge is -2.16. The highest BCUT2D eigenvalue weighted by Gasteiger charge is 2.14. The summed E-state index contributed by atoms with van der Waals surface area (Å²) in [7, 11) is 1.60. The summed E-state index contributed by atoms with van der Waals surface area (Å²) in [6.07, 6.45) is 0. The number of fused-ring (bicyclic) bond motifs is 1. The highest BCUT2D eigenvalue weighted by atomic mass is 19.3. The molecule has 8 heteroatoms. The van der Waals surface area contributed by atoms with Crippen LogP contribution in [0.15, 0.2) is 65.7 Å². The highest BCUT2D eigenvalue weighted by molar-refractivity contribution is 6.04. The minimum absolute atomic E-state index is 0.215. The summed E-state index contributed by atoms with van der Waals surface area (Å²) < 4.78 is 32.5. The third-order valence-corrected chi connectivity index (χ3v) is 4.44. The zero-order chi connectivity index (χ0) is 22.1. The van der Waals surface area contributed by atoms with Crippen molar-refractivity contribution in [2.24, 2.45) is 10.8 Å². The molecule has 5 nitrogen and oxygen atoms in total.